The van der Waals surface area contributed by atoms with Crippen LogP contribution in [0.3, 0.4) is 0 Å². The van der Waals surface area contributed by atoms with Gasteiger partial charge in [-0.3, -0.25) is 4.98 Å². The van der Waals surface area contributed by atoms with Crippen LogP contribution in [0.4, 0.5) is 0 Å². The van der Waals surface area contributed by atoms with Crippen LogP contribution >= 0.6 is 0 Å². The number of aromatic nitrogens is 3. The number of aromatic amines is 1. The smallest absolute Gasteiger partial charge is 0.138 e. The SMILES string of the molecule is Cc1[nH]c2ncccc2c1-c1cccc2cnccc12. The maximum absolute atomic E-state index is 4.40. The van der Waals surface area contributed by atoms with Gasteiger partial charge < -0.3 is 4.98 Å². The van der Waals surface area contributed by atoms with Crippen molar-refractivity contribution in [1.29, 1.82) is 0 Å². The third-order valence-corrected chi connectivity index (χ3v) is 3.71. The van der Waals surface area contributed by atoms with Crippen molar-refractivity contribution in [3.63, 3.8) is 0 Å². The fourth-order valence-electron chi connectivity index (χ4n) is 2.84. The molecule has 0 spiro atoms. The summed E-state index contributed by atoms with van der Waals surface area (Å²) in [4.78, 5) is 12.0. The topological polar surface area (TPSA) is 41.6 Å². The summed E-state index contributed by atoms with van der Waals surface area (Å²) in [5.74, 6) is 0. The quantitative estimate of drug-likeness (QED) is 0.559. The molecule has 0 bridgehead atoms. The van der Waals surface area contributed by atoms with Crippen LogP contribution in [0.2, 0.25) is 0 Å². The van der Waals surface area contributed by atoms with Crippen LogP contribution in [0.1, 0.15) is 5.69 Å². The van der Waals surface area contributed by atoms with Gasteiger partial charge in [0, 0.05) is 40.6 Å². The van der Waals surface area contributed by atoms with Crippen molar-refractivity contribution in [2.24, 2.45) is 0 Å². The number of hydrogen-bond acceptors (Lipinski definition) is 2. The van der Waals surface area contributed by atoms with E-state index < -0.39 is 0 Å². The predicted molar refractivity (Wildman–Crippen MR) is 81.6 cm³/mol. The van der Waals surface area contributed by atoms with E-state index in [2.05, 4.69) is 52.2 Å². The van der Waals surface area contributed by atoms with Crippen LogP contribution in [0.15, 0.2) is 55.0 Å². The number of hydrogen-bond donors (Lipinski definition) is 1. The first-order valence-corrected chi connectivity index (χ1v) is 6.61. The summed E-state index contributed by atoms with van der Waals surface area (Å²) in [5.41, 5.74) is 4.53. The number of aryl methyl sites for hydroxylation is 1. The van der Waals surface area contributed by atoms with Crippen molar-refractivity contribution in [3.8, 4) is 11.1 Å². The zero-order chi connectivity index (χ0) is 13.5. The first-order valence-electron chi connectivity index (χ1n) is 6.61. The van der Waals surface area contributed by atoms with Crippen LogP contribution < -0.4 is 0 Å². The molecule has 0 fully saturated rings. The minimum absolute atomic E-state index is 0.936. The third-order valence-electron chi connectivity index (χ3n) is 3.71. The number of nitrogens with zero attached hydrogens (tertiary/aromatic N) is 2. The van der Waals surface area contributed by atoms with Crippen LogP contribution in [-0.4, -0.2) is 15.0 Å². The molecule has 20 heavy (non-hydrogen) atoms. The molecule has 0 amide bonds. The second-order valence-corrected chi connectivity index (χ2v) is 4.93. The van der Waals surface area contributed by atoms with Gasteiger partial charge in [-0.25, -0.2) is 4.98 Å². The zero-order valence-corrected chi connectivity index (χ0v) is 11.1. The van der Waals surface area contributed by atoms with E-state index in [0.717, 1.165) is 22.1 Å². The molecule has 4 rings (SSSR count). The largest absolute Gasteiger partial charge is 0.343 e. The molecule has 3 aromatic heterocycles. The molecule has 0 radical (unpaired) electrons. The maximum atomic E-state index is 4.40. The minimum atomic E-state index is 0.936. The summed E-state index contributed by atoms with van der Waals surface area (Å²) in [6.07, 6.45) is 5.56. The van der Waals surface area contributed by atoms with Gasteiger partial charge in [0.05, 0.1) is 0 Å². The Labute approximate surface area is 116 Å². The third kappa shape index (κ3) is 1.53. The zero-order valence-electron chi connectivity index (χ0n) is 11.1. The van der Waals surface area contributed by atoms with E-state index in [0.29, 0.717) is 0 Å². The summed E-state index contributed by atoms with van der Waals surface area (Å²) < 4.78 is 0. The van der Waals surface area contributed by atoms with Crippen molar-refractivity contribution in [2.75, 3.05) is 0 Å². The Balaban J connectivity index is 2.14. The van der Waals surface area contributed by atoms with Crippen molar-refractivity contribution in [3.05, 3.63) is 60.7 Å². The van der Waals surface area contributed by atoms with Gasteiger partial charge in [0.15, 0.2) is 0 Å². The lowest BCUT2D eigenvalue weighted by molar-refractivity contribution is 1.25. The van der Waals surface area contributed by atoms with Gasteiger partial charge in [0.2, 0.25) is 0 Å². The van der Waals surface area contributed by atoms with Crippen LogP contribution in [0.5, 0.6) is 0 Å². The van der Waals surface area contributed by atoms with Crippen molar-refractivity contribution < 1.29 is 0 Å². The molecule has 0 aliphatic rings. The number of H-pyrrole nitrogens is 1. The molecule has 4 aromatic rings. The van der Waals surface area contributed by atoms with E-state index in [9.17, 15) is 0 Å². The number of benzene rings is 1. The molecule has 0 saturated heterocycles. The first kappa shape index (κ1) is 11.2. The first-order chi connectivity index (χ1) is 9.84. The lowest BCUT2D eigenvalue weighted by atomic mass is 9.98. The number of fused-ring (bicyclic) bond motifs is 2. The molecule has 0 unspecified atom stereocenters. The van der Waals surface area contributed by atoms with Crippen molar-refractivity contribution in [2.45, 2.75) is 6.92 Å². The average molecular weight is 259 g/mol. The lowest BCUT2D eigenvalue weighted by Crippen LogP contribution is -1.83. The molecule has 0 saturated carbocycles. The molecule has 1 N–H and O–H groups in total. The van der Waals surface area contributed by atoms with E-state index in [1.807, 2.05) is 24.7 Å². The van der Waals surface area contributed by atoms with Crippen molar-refractivity contribution in [1.82, 2.24) is 15.0 Å². The lowest BCUT2D eigenvalue weighted by Gasteiger charge is -2.06. The Kier molecular flexibility index (Phi) is 2.33. The molecule has 0 aliphatic heterocycles. The summed E-state index contributed by atoms with van der Waals surface area (Å²) in [7, 11) is 0. The standard InChI is InChI=1S/C17H13N3/c1-11-16(15-6-3-8-19-17(15)20-11)14-5-2-4-12-10-18-9-7-13(12)14/h2-10H,1H3,(H,19,20). The van der Waals surface area contributed by atoms with Crippen LogP contribution in [0, 0.1) is 6.92 Å². The van der Waals surface area contributed by atoms with Gasteiger partial charge in [0.25, 0.3) is 0 Å². The van der Waals surface area contributed by atoms with Gasteiger partial charge in [-0.2, -0.15) is 0 Å². The number of pyridine rings is 2. The fraction of sp³-hybridized carbons (Fsp3) is 0.0588. The Morgan fingerprint density at radius 3 is 2.85 bits per heavy atom. The van der Waals surface area contributed by atoms with Crippen LogP contribution in [0.25, 0.3) is 32.9 Å². The molecule has 3 nitrogen and oxygen atoms in total. The molecule has 0 aliphatic carbocycles. The summed E-state index contributed by atoms with van der Waals surface area (Å²) in [6, 6.07) is 12.5. The molecule has 3 heterocycles. The minimum Gasteiger partial charge on any atom is -0.343 e. The van der Waals surface area contributed by atoms with E-state index in [1.54, 1.807) is 0 Å². The summed E-state index contributed by atoms with van der Waals surface area (Å²) in [5, 5.41) is 3.53. The highest BCUT2D eigenvalue weighted by Gasteiger charge is 2.13. The van der Waals surface area contributed by atoms with Gasteiger partial charge in [-0.1, -0.05) is 18.2 Å². The number of nitrogens with one attached hydrogen (secondary N) is 1. The Hall–Kier alpha value is -2.68. The Bertz CT molecular complexity index is 916. The average Bonchev–Trinajstić information content (AvgIpc) is 2.82. The molecule has 3 heteroatoms. The fourth-order valence-corrected chi connectivity index (χ4v) is 2.84. The Morgan fingerprint density at radius 2 is 1.90 bits per heavy atom. The second-order valence-electron chi connectivity index (χ2n) is 4.93. The monoisotopic (exact) mass is 259 g/mol. The Morgan fingerprint density at radius 1 is 0.950 bits per heavy atom. The van der Waals surface area contributed by atoms with Gasteiger partial charge in [-0.05, 0) is 36.1 Å². The van der Waals surface area contributed by atoms with Gasteiger partial charge in [0.1, 0.15) is 5.65 Å². The second kappa shape index (κ2) is 4.17. The normalized spacial score (nSPS) is 11.2. The number of rotatable bonds is 1. The van der Waals surface area contributed by atoms with E-state index in [4.69, 9.17) is 0 Å². The maximum Gasteiger partial charge on any atom is 0.138 e. The molecule has 0 atom stereocenters. The molecular formula is C17H13N3. The molecule has 96 valence electrons. The highest BCUT2D eigenvalue weighted by atomic mass is 14.9. The molecule has 1 aromatic carbocycles. The van der Waals surface area contributed by atoms with E-state index in [-0.39, 0.29) is 0 Å². The van der Waals surface area contributed by atoms with Gasteiger partial charge >= 0.3 is 0 Å². The van der Waals surface area contributed by atoms with Crippen LogP contribution in [-0.2, 0) is 0 Å². The van der Waals surface area contributed by atoms with E-state index >= 15 is 0 Å². The predicted octanol–water partition coefficient (Wildman–Crippen LogP) is 4.09. The highest BCUT2D eigenvalue weighted by Crippen LogP contribution is 2.35. The summed E-state index contributed by atoms with van der Waals surface area (Å²) in [6.45, 7) is 2.09. The van der Waals surface area contributed by atoms with Crippen molar-refractivity contribution >= 4 is 21.8 Å². The van der Waals surface area contributed by atoms with Gasteiger partial charge in [-0.15, -0.1) is 0 Å². The highest BCUT2D eigenvalue weighted by molar-refractivity contribution is 6.05. The van der Waals surface area contributed by atoms with E-state index in [1.165, 1.54) is 16.5 Å². The summed E-state index contributed by atoms with van der Waals surface area (Å²) >= 11 is 0. The molecular weight excluding hydrogens is 246 g/mol.